The Labute approximate surface area is 291 Å². The Hall–Kier alpha value is -3.43. The quantitative estimate of drug-likeness (QED) is 0.247. The normalized spacial score (nSPS) is 24.6. The number of hydrogen-bond donors (Lipinski definition) is 1. The fourth-order valence-electron chi connectivity index (χ4n) is 9.18. The van der Waals surface area contributed by atoms with Crippen LogP contribution < -0.4 is 9.46 Å². The Kier molecular flexibility index (Phi) is 9.28. The molecule has 4 atom stereocenters. The van der Waals surface area contributed by atoms with E-state index in [0.29, 0.717) is 30.2 Å². The van der Waals surface area contributed by atoms with E-state index in [4.69, 9.17) is 4.74 Å². The number of hydrogen-bond acceptors (Lipinski definition) is 5. The van der Waals surface area contributed by atoms with Gasteiger partial charge >= 0.3 is 10.2 Å². The molecule has 3 saturated carbocycles. The third-order valence-electron chi connectivity index (χ3n) is 12.0. The molecule has 1 N–H and O–H groups in total. The maximum atomic E-state index is 14.7. The maximum Gasteiger partial charge on any atom is 0.303 e. The zero-order valence-corrected chi connectivity index (χ0v) is 30.4. The Bertz CT molecular complexity index is 1900. The van der Waals surface area contributed by atoms with Crippen LogP contribution in [0.4, 0.5) is 0 Å². The number of ketones is 1. The number of fused-ring (bicyclic) bond motifs is 5. The van der Waals surface area contributed by atoms with Crippen molar-refractivity contribution in [2.24, 2.45) is 29.6 Å². The summed E-state index contributed by atoms with van der Waals surface area (Å²) in [5.74, 6) is 3.19. The van der Waals surface area contributed by atoms with Gasteiger partial charge < -0.3 is 9.30 Å². The van der Waals surface area contributed by atoms with Gasteiger partial charge in [0.15, 0.2) is 5.78 Å². The molecule has 49 heavy (non-hydrogen) atoms. The second-order valence-corrected chi connectivity index (χ2v) is 17.5. The van der Waals surface area contributed by atoms with Crippen LogP contribution in [0.25, 0.3) is 28.2 Å². The highest BCUT2D eigenvalue weighted by Gasteiger charge is 2.40. The lowest BCUT2D eigenvalue weighted by Gasteiger charge is -2.39. The summed E-state index contributed by atoms with van der Waals surface area (Å²) >= 11 is 0. The van der Waals surface area contributed by atoms with Crippen LogP contribution >= 0.6 is 0 Å². The van der Waals surface area contributed by atoms with E-state index < -0.39 is 16.1 Å². The van der Waals surface area contributed by atoms with Gasteiger partial charge in [-0.3, -0.25) is 9.59 Å². The van der Waals surface area contributed by atoms with Gasteiger partial charge in [0.05, 0.1) is 19.3 Å². The number of carbonyl (C=O) groups excluding carboxylic acids is 2. The fraction of sp³-hybridized carbons (Fsp3) is 0.550. The van der Waals surface area contributed by atoms with Crippen molar-refractivity contribution in [1.82, 2.24) is 13.6 Å². The molecule has 3 aromatic rings. The third-order valence-corrected chi connectivity index (χ3v) is 13.4. The van der Waals surface area contributed by atoms with Gasteiger partial charge in [0, 0.05) is 47.6 Å². The summed E-state index contributed by atoms with van der Waals surface area (Å²) in [6, 6.07) is 11.7. The first-order valence-electron chi connectivity index (χ1n) is 18.3. The molecule has 1 aliphatic heterocycles. The molecule has 0 radical (unpaired) electrons. The van der Waals surface area contributed by atoms with Gasteiger partial charge in [-0.15, -0.1) is 0 Å². The first kappa shape index (κ1) is 34.0. The average molecular weight is 686 g/mol. The number of allylic oxidation sites excluding steroid dienone is 1. The predicted molar refractivity (Wildman–Crippen MR) is 195 cm³/mol. The van der Waals surface area contributed by atoms with Crippen molar-refractivity contribution in [3.8, 4) is 17.0 Å². The topological polar surface area (TPSA) is 97.7 Å². The summed E-state index contributed by atoms with van der Waals surface area (Å²) in [6.07, 6.45) is 13.7. The smallest absolute Gasteiger partial charge is 0.303 e. The Balaban J connectivity index is 1.35. The van der Waals surface area contributed by atoms with Crippen LogP contribution in [0.2, 0.25) is 0 Å². The van der Waals surface area contributed by atoms with E-state index in [0.717, 1.165) is 87.8 Å². The molecule has 3 aliphatic carbocycles. The van der Waals surface area contributed by atoms with Crippen molar-refractivity contribution in [1.29, 1.82) is 0 Å². The SMILES string of the molecule is COc1ccc2c(c1)C=C(C(=O)C1C[C@@H](C)C(CC3CC3)[C@@H](C)C1)Cn1c-2c(C2CCCCC2)c2ccc(C(=O)NS(=O)(=O)N(C)C)cc21. The average Bonchev–Trinajstić information content (AvgIpc) is 3.88. The van der Waals surface area contributed by atoms with Crippen molar-refractivity contribution >= 4 is 38.9 Å². The molecule has 0 bridgehead atoms. The summed E-state index contributed by atoms with van der Waals surface area (Å²) in [7, 11) is 0.482. The molecule has 7 rings (SSSR count). The summed E-state index contributed by atoms with van der Waals surface area (Å²) in [4.78, 5) is 28.1. The number of nitrogens with one attached hydrogen (secondary N) is 1. The zero-order chi connectivity index (χ0) is 34.6. The molecule has 1 amide bonds. The van der Waals surface area contributed by atoms with Crippen molar-refractivity contribution < 1.29 is 22.7 Å². The molecule has 4 aliphatic rings. The van der Waals surface area contributed by atoms with Gasteiger partial charge in [-0.05, 0) is 109 Å². The molecule has 1 aromatic heterocycles. The molecular weight excluding hydrogens is 635 g/mol. The summed E-state index contributed by atoms with van der Waals surface area (Å²) in [5, 5.41) is 1.06. The number of Topliss-reactive ketones (excluding diaryl/α,β-unsaturated/α-hetero) is 1. The molecule has 8 nitrogen and oxygen atoms in total. The fourth-order valence-corrected chi connectivity index (χ4v) is 9.72. The van der Waals surface area contributed by atoms with Crippen LogP contribution in [0.5, 0.6) is 5.75 Å². The van der Waals surface area contributed by atoms with Crippen LogP contribution in [0, 0.1) is 29.6 Å². The highest BCUT2D eigenvalue weighted by atomic mass is 32.2. The number of amides is 1. The Morgan fingerprint density at radius 3 is 2.33 bits per heavy atom. The van der Waals surface area contributed by atoms with Crippen LogP contribution in [-0.4, -0.2) is 50.2 Å². The van der Waals surface area contributed by atoms with E-state index in [2.05, 4.69) is 35.3 Å². The third kappa shape index (κ3) is 6.61. The second kappa shape index (κ2) is 13.4. The van der Waals surface area contributed by atoms with Gasteiger partial charge in [0.2, 0.25) is 0 Å². The number of benzene rings is 2. The molecule has 0 spiro atoms. The minimum absolute atomic E-state index is 0.0282. The summed E-state index contributed by atoms with van der Waals surface area (Å²) < 4.78 is 36.3. The predicted octanol–water partition coefficient (Wildman–Crippen LogP) is 7.97. The Morgan fingerprint density at radius 1 is 0.959 bits per heavy atom. The second-order valence-electron chi connectivity index (χ2n) is 15.6. The van der Waals surface area contributed by atoms with Gasteiger partial charge in [-0.25, -0.2) is 4.72 Å². The molecule has 2 heterocycles. The highest BCUT2D eigenvalue weighted by molar-refractivity contribution is 7.87. The minimum atomic E-state index is -3.97. The van der Waals surface area contributed by atoms with Crippen LogP contribution in [-0.2, 0) is 21.5 Å². The number of carbonyl (C=O) groups is 2. The molecule has 2 unspecified atom stereocenters. The molecular formula is C40H51N3O5S. The largest absolute Gasteiger partial charge is 0.497 e. The molecule has 0 saturated heterocycles. The van der Waals surface area contributed by atoms with Crippen molar-refractivity contribution in [2.75, 3.05) is 21.2 Å². The van der Waals surface area contributed by atoms with E-state index in [-0.39, 0.29) is 17.3 Å². The lowest BCUT2D eigenvalue weighted by molar-refractivity contribution is -0.122. The van der Waals surface area contributed by atoms with E-state index in [1.54, 1.807) is 13.2 Å². The summed E-state index contributed by atoms with van der Waals surface area (Å²) in [6.45, 7) is 5.09. The standard InChI is InChI=1S/C40H51N3O5S/c1-24-17-30(18-25(2)35(24)19-26-11-12-26)39(44)31-20-29-21-32(48-5)14-16-33(29)38-37(27-9-7-6-8-10-27)34-15-13-28(22-36(34)43(38)23-31)40(45)41-49(46,47)42(3)4/h13-16,20-22,24-27,30,35H,6-12,17-19,23H2,1-5H3,(H,41,45)/t24-,25+,30?,35?. The molecule has 9 heteroatoms. The number of rotatable bonds is 9. The van der Waals surface area contributed by atoms with Gasteiger partial charge in [-0.2, -0.15) is 12.7 Å². The van der Waals surface area contributed by atoms with Gasteiger partial charge in [-0.1, -0.05) is 52.0 Å². The van der Waals surface area contributed by atoms with Crippen LogP contribution in [0.1, 0.15) is 105 Å². The highest BCUT2D eigenvalue weighted by Crippen LogP contribution is 2.49. The van der Waals surface area contributed by atoms with Gasteiger partial charge in [0.1, 0.15) is 5.75 Å². The molecule has 2 aromatic carbocycles. The lowest BCUT2D eigenvalue weighted by Crippen LogP contribution is -2.39. The monoisotopic (exact) mass is 685 g/mol. The first-order valence-corrected chi connectivity index (χ1v) is 19.7. The maximum absolute atomic E-state index is 14.7. The van der Waals surface area contributed by atoms with Crippen molar-refractivity contribution in [3.05, 3.63) is 58.7 Å². The first-order chi connectivity index (χ1) is 23.4. The van der Waals surface area contributed by atoms with Crippen LogP contribution in [0.3, 0.4) is 0 Å². The van der Waals surface area contributed by atoms with Gasteiger partial charge in [0.25, 0.3) is 5.91 Å². The number of nitrogens with zero attached hydrogens (tertiary/aromatic N) is 2. The number of ether oxygens (including phenoxy) is 1. The van der Waals surface area contributed by atoms with Crippen molar-refractivity contribution in [2.45, 2.75) is 90.5 Å². The Morgan fingerprint density at radius 2 is 1.67 bits per heavy atom. The number of aromatic nitrogens is 1. The number of methoxy groups -OCH3 is 1. The van der Waals surface area contributed by atoms with E-state index in [1.807, 2.05) is 24.3 Å². The molecule has 262 valence electrons. The summed E-state index contributed by atoms with van der Waals surface area (Å²) in [5.41, 5.74) is 6.27. The van der Waals surface area contributed by atoms with E-state index in [9.17, 15) is 18.0 Å². The van der Waals surface area contributed by atoms with Crippen molar-refractivity contribution in [3.63, 3.8) is 0 Å². The molecule has 3 fully saturated rings. The minimum Gasteiger partial charge on any atom is -0.497 e. The van der Waals surface area contributed by atoms with E-state index >= 15 is 0 Å². The zero-order valence-electron chi connectivity index (χ0n) is 29.6. The lowest BCUT2D eigenvalue weighted by atomic mass is 9.65. The van der Waals surface area contributed by atoms with E-state index in [1.165, 1.54) is 45.3 Å². The van der Waals surface area contributed by atoms with Crippen LogP contribution in [0.15, 0.2) is 42.0 Å².